The van der Waals surface area contributed by atoms with E-state index in [2.05, 4.69) is 21.2 Å². The summed E-state index contributed by atoms with van der Waals surface area (Å²) in [6.07, 6.45) is 1.60. The molecule has 0 aliphatic carbocycles. The Morgan fingerprint density at radius 3 is 2.71 bits per heavy atom. The molecule has 0 saturated carbocycles. The maximum Gasteiger partial charge on any atom is 0.263 e. The molecule has 1 amide bonds. The van der Waals surface area contributed by atoms with Gasteiger partial charge in [0, 0.05) is 17.7 Å². The zero-order valence-electron chi connectivity index (χ0n) is 11.6. The quantitative estimate of drug-likeness (QED) is 0.922. The van der Waals surface area contributed by atoms with Crippen LogP contribution in [0.4, 0.5) is 4.39 Å². The largest absolute Gasteiger partial charge is 0.355 e. The van der Waals surface area contributed by atoms with Crippen molar-refractivity contribution < 1.29 is 9.18 Å². The van der Waals surface area contributed by atoms with Crippen LogP contribution < -0.4 is 10.9 Å². The van der Waals surface area contributed by atoms with Crippen LogP contribution in [-0.2, 0) is 6.54 Å². The number of aryl methyl sites for hydroxylation is 1. The van der Waals surface area contributed by atoms with Crippen molar-refractivity contribution in [2.24, 2.45) is 0 Å². The summed E-state index contributed by atoms with van der Waals surface area (Å²) >= 11 is 3.28. The Kier molecular flexibility index (Phi) is 4.57. The topological polar surface area (TPSA) is 51.1 Å². The molecule has 21 heavy (non-hydrogen) atoms. The fraction of sp³-hybridized carbons (Fsp3) is 0.200. The molecule has 0 fully saturated rings. The first-order valence-electron chi connectivity index (χ1n) is 6.29. The smallest absolute Gasteiger partial charge is 0.263 e. The zero-order chi connectivity index (χ0) is 15.6. The number of halogens is 2. The van der Waals surface area contributed by atoms with Gasteiger partial charge in [0.2, 0.25) is 0 Å². The molecule has 4 nitrogen and oxygen atoms in total. The first-order chi connectivity index (χ1) is 9.92. The van der Waals surface area contributed by atoms with Gasteiger partial charge in [-0.05, 0) is 46.1 Å². The van der Waals surface area contributed by atoms with Gasteiger partial charge in [-0.25, -0.2) is 4.39 Å². The van der Waals surface area contributed by atoms with E-state index >= 15 is 0 Å². The molecule has 1 aromatic carbocycles. The molecular formula is C15H14BrFN2O2. The van der Waals surface area contributed by atoms with E-state index in [1.54, 1.807) is 25.3 Å². The van der Waals surface area contributed by atoms with Crippen LogP contribution in [0, 0.1) is 12.7 Å². The van der Waals surface area contributed by atoms with Gasteiger partial charge in [-0.3, -0.25) is 9.59 Å². The summed E-state index contributed by atoms with van der Waals surface area (Å²) in [6.45, 7) is 1.93. The Labute approximate surface area is 129 Å². The Morgan fingerprint density at radius 1 is 1.38 bits per heavy atom. The lowest BCUT2D eigenvalue weighted by atomic mass is 10.1. The van der Waals surface area contributed by atoms with Gasteiger partial charge in [0.1, 0.15) is 11.4 Å². The predicted molar refractivity (Wildman–Crippen MR) is 82.0 cm³/mol. The highest BCUT2D eigenvalue weighted by atomic mass is 79.9. The second kappa shape index (κ2) is 6.22. The van der Waals surface area contributed by atoms with Crippen molar-refractivity contribution in [2.45, 2.75) is 13.5 Å². The molecule has 1 N–H and O–H groups in total. The van der Waals surface area contributed by atoms with Crippen LogP contribution in [0.2, 0.25) is 0 Å². The summed E-state index contributed by atoms with van der Waals surface area (Å²) in [6, 6.07) is 6.15. The summed E-state index contributed by atoms with van der Waals surface area (Å²) < 4.78 is 15.3. The molecule has 110 valence electrons. The van der Waals surface area contributed by atoms with Crippen LogP contribution in [0.3, 0.4) is 0 Å². The predicted octanol–water partition coefficient (Wildman–Crippen LogP) is 2.47. The van der Waals surface area contributed by atoms with E-state index in [0.29, 0.717) is 10.0 Å². The number of nitrogens with one attached hydrogen (secondary N) is 1. The SMILES string of the molecule is CNC(=O)c1cc(Br)cn(Cc2ccc(F)c(C)c2)c1=O. The second-order valence-corrected chi connectivity index (χ2v) is 5.58. The van der Waals surface area contributed by atoms with E-state index in [1.165, 1.54) is 23.7 Å². The minimum atomic E-state index is -0.440. The van der Waals surface area contributed by atoms with Gasteiger partial charge in [-0.2, -0.15) is 0 Å². The number of benzene rings is 1. The third kappa shape index (κ3) is 3.39. The summed E-state index contributed by atoms with van der Waals surface area (Å²) in [5, 5.41) is 2.43. The number of carbonyl (C=O) groups excluding carboxylic acids is 1. The highest BCUT2D eigenvalue weighted by Crippen LogP contribution is 2.13. The third-order valence-corrected chi connectivity index (χ3v) is 3.53. The van der Waals surface area contributed by atoms with Crippen molar-refractivity contribution in [2.75, 3.05) is 7.05 Å². The number of hydrogen-bond donors (Lipinski definition) is 1. The number of rotatable bonds is 3. The molecule has 0 spiro atoms. The molecule has 0 atom stereocenters. The standard InChI is InChI=1S/C15H14BrFN2O2/c1-9-5-10(3-4-13(9)17)7-19-8-11(16)6-12(15(19)21)14(20)18-2/h3-6,8H,7H2,1-2H3,(H,18,20). The third-order valence-electron chi connectivity index (χ3n) is 3.10. The van der Waals surface area contributed by atoms with E-state index in [9.17, 15) is 14.0 Å². The summed E-state index contributed by atoms with van der Waals surface area (Å²) in [4.78, 5) is 24.0. The fourth-order valence-electron chi connectivity index (χ4n) is 2.02. The Bertz CT molecular complexity index is 756. The van der Waals surface area contributed by atoms with Crippen LogP contribution in [-0.4, -0.2) is 17.5 Å². The van der Waals surface area contributed by atoms with Gasteiger partial charge in [-0.15, -0.1) is 0 Å². The number of aromatic nitrogens is 1. The lowest BCUT2D eigenvalue weighted by Crippen LogP contribution is -2.31. The highest BCUT2D eigenvalue weighted by Gasteiger charge is 2.13. The lowest BCUT2D eigenvalue weighted by molar-refractivity contribution is 0.0961. The Balaban J connectivity index is 2.44. The van der Waals surface area contributed by atoms with E-state index < -0.39 is 5.91 Å². The van der Waals surface area contributed by atoms with Gasteiger partial charge in [0.25, 0.3) is 11.5 Å². The number of amides is 1. The Hall–Kier alpha value is -1.95. The first-order valence-corrected chi connectivity index (χ1v) is 7.08. The molecule has 2 rings (SSSR count). The molecule has 0 bridgehead atoms. The van der Waals surface area contributed by atoms with Crippen molar-refractivity contribution in [3.05, 3.63) is 67.8 Å². The normalized spacial score (nSPS) is 10.5. The Morgan fingerprint density at radius 2 is 2.10 bits per heavy atom. The van der Waals surface area contributed by atoms with Crippen molar-refractivity contribution in [1.82, 2.24) is 9.88 Å². The fourth-order valence-corrected chi connectivity index (χ4v) is 2.49. The second-order valence-electron chi connectivity index (χ2n) is 4.67. The molecule has 0 unspecified atom stereocenters. The van der Waals surface area contributed by atoms with Gasteiger partial charge >= 0.3 is 0 Å². The number of pyridine rings is 1. The van der Waals surface area contributed by atoms with Crippen molar-refractivity contribution >= 4 is 21.8 Å². The molecule has 0 saturated heterocycles. The van der Waals surface area contributed by atoms with E-state index in [1.807, 2.05) is 0 Å². The number of nitrogens with zero attached hydrogens (tertiary/aromatic N) is 1. The van der Waals surface area contributed by atoms with Crippen molar-refractivity contribution in [1.29, 1.82) is 0 Å². The maximum atomic E-state index is 13.3. The molecule has 1 aromatic heterocycles. The molecule has 2 aromatic rings. The van der Waals surface area contributed by atoms with E-state index in [4.69, 9.17) is 0 Å². The maximum absolute atomic E-state index is 13.3. The molecule has 0 radical (unpaired) electrons. The van der Waals surface area contributed by atoms with Crippen LogP contribution in [0.5, 0.6) is 0 Å². The van der Waals surface area contributed by atoms with Gasteiger partial charge in [0.05, 0.1) is 6.54 Å². The van der Waals surface area contributed by atoms with E-state index in [0.717, 1.165) is 5.56 Å². The minimum absolute atomic E-state index is 0.0608. The minimum Gasteiger partial charge on any atom is -0.355 e. The molecular weight excluding hydrogens is 339 g/mol. The van der Waals surface area contributed by atoms with Gasteiger partial charge in [0.15, 0.2) is 0 Å². The van der Waals surface area contributed by atoms with Crippen LogP contribution in [0.25, 0.3) is 0 Å². The van der Waals surface area contributed by atoms with Crippen LogP contribution >= 0.6 is 15.9 Å². The number of carbonyl (C=O) groups is 1. The van der Waals surface area contributed by atoms with Crippen molar-refractivity contribution in [3.63, 3.8) is 0 Å². The molecule has 6 heteroatoms. The summed E-state index contributed by atoms with van der Waals surface area (Å²) in [5.41, 5.74) is 0.976. The molecule has 0 aliphatic heterocycles. The van der Waals surface area contributed by atoms with Crippen molar-refractivity contribution in [3.8, 4) is 0 Å². The summed E-state index contributed by atoms with van der Waals surface area (Å²) in [7, 11) is 1.47. The van der Waals surface area contributed by atoms with Crippen LogP contribution in [0.15, 0.2) is 39.7 Å². The van der Waals surface area contributed by atoms with E-state index in [-0.39, 0.29) is 23.5 Å². The summed E-state index contributed by atoms with van der Waals surface area (Å²) in [5.74, 6) is -0.725. The van der Waals surface area contributed by atoms with Gasteiger partial charge < -0.3 is 9.88 Å². The average Bonchev–Trinajstić information content (AvgIpc) is 2.45. The number of hydrogen-bond acceptors (Lipinski definition) is 2. The average molecular weight is 353 g/mol. The molecule has 1 heterocycles. The highest BCUT2D eigenvalue weighted by molar-refractivity contribution is 9.10. The van der Waals surface area contributed by atoms with Gasteiger partial charge in [-0.1, -0.05) is 12.1 Å². The monoisotopic (exact) mass is 352 g/mol. The zero-order valence-corrected chi connectivity index (χ0v) is 13.2. The first kappa shape index (κ1) is 15.4. The molecule has 0 aliphatic rings. The van der Waals surface area contributed by atoms with Crippen LogP contribution in [0.1, 0.15) is 21.5 Å². The lowest BCUT2D eigenvalue weighted by Gasteiger charge is -2.10.